The summed E-state index contributed by atoms with van der Waals surface area (Å²) in [6.45, 7) is 1.65. The van der Waals surface area contributed by atoms with Gasteiger partial charge in [-0.25, -0.2) is 0 Å². The van der Waals surface area contributed by atoms with Crippen molar-refractivity contribution in [3.8, 4) is 6.07 Å². The van der Waals surface area contributed by atoms with Crippen LogP contribution in [0.1, 0.15) is 18.4 Å². The molecule has 4 nitrogen and oxygen atoms in total. The lowest BCUT2D eigenvalue weighted by Crippen LogP contribution is -2.38. The lowest BCUT2D eigenvalue weighted by molar-refractivity contribution is -0.170. The molecule has 7 heteroatoms. The topological polar surface area (TPSA) is 47.3 Å². The minimum atomic E-state index is -4.94. The zero-order valence-corrected chi connectivity index (χ0v) is 11.4. The lowest BCUT2D eigenvalue weighted by atomic mass is 10.1. The van der Waals surface area contributed by atoms with E-state index in [0.29, 0.717) is 10.6 Å². The molecule has 1 heterocycles. The quantitative estimate of drug-likeness (QED) is 0.843. The van der Waals surface area contributed by atoms with E-state index in [1.54, 1.807) is 6.07 Å². The Balaban J connectivity index is 2.31. The van der Waals surface area contributed by atoms with Crippen LogP contribution in [0.15, 0.2) is 18.2 Å². The Kier molecular flexibility index (Phi) is 4.07. The number of nitriles is 1. The van der Waals surface area contributed by atoms with Crippen LogP contribution in [0.25, 0.3) is 0 Å². The number of alkyl halides is 3. The molecule has 0 aromatic heterocycles. The number of amides is 1. The molecule has 1 saturated heterocycles. The molecule has 1 aliphatic heterocycles. The summed E-state index contributed by atoms with van der Waals surface area (Å²) < 4.78 is 37.3. The molecule has 1 aliphatic rings. The first kappa shape index (κ1) is 15.2. The molecule has 0 aliphatic carbocycles. The van der Waals surface area contributed by atoms with E-state index in [2.05, 4.69) is 0 Å². The van der Waals surface area contributed by atoms with Crippen molar-refractivity contribution >= 4 is 17.3 Å². The third kappa shape index (κ3) is 3.10. The smallest absolute Gasteiger partial charge is 0.370 e. The number of hydrogen-bond donors (Lipinski definition) is 0. The molecule has 0 saturated carbocycles. The van der Waals surface area contributed by atoms with Gasteiger partial charge in [-0.3, -0.25) is 4.79 Å². The molecule has 1 aromatic rings. The van der Waals surface area contributed by atoms with Crippen molar-refractivity contribution in [2.45, 2.75) is 19.0 Å². The zero-order chi connectivity index (χ0) is 15.6. The van der Waals surface area contributed by atoms with Crippen LogP contribution in [0.4, 0.5) is 24.5 Å². The molecular weight excluding hydrogens is 283 g/mol. The van der Waals surface area contributed by atoms with Crippen LogP contribution in [0.5, 0.6) is 0 Å². The van der Waals surface area contributed by atoms with Gasteiger partial charge in [-0.2, -0.15) is 18.4 Å². The Labute approximate surface area is 120 Å². The summed E-state index contributed by atoms with van der Waals surface area (Å²) >= 11 is 0. The SMILES string of the molecule is CN(C(=O)C(F)(F)F)c1ccc(N2CCCC2)c(C#N)c1. The molecule has 112 valence electrons. The van der Waals surface area contributed by atoms with Crippen molar-refractivity contribution < 1.29 is 18.0 Å². The van der Waals surface area contributed by atoms with Gasteiger partial charge in [0.05, 0.1) is 11.3 Å². The molecule has 21 heavy (non-hydrogen) atoms. The van der Waals surface area contributed by atoms with Crippen molar-refractivity contribution in [2.75, 3.05) is 29.9 Å². The van der Waals surface area contributed by atoms with Gasteiger partial charge in [0.1, 0.15) is 6.07 Å². The summed E-state index contributed by atoms with van der Waals surface area (Å²) in [7, 11) is 1.04. The Hall–Kier alpha value is -2.23. The van der Waals surface area contributed by atoms with Gasteiger partial charge < -0.3 is 9.80 Å². The average Bonchev–Trinajstić information content (AvgIpc) is 2.98. The number of hydrogen-bond acceptors (Lipinski definition) is 3. The number of carbonyl (C=O) groups is 1. The molecule has 0 atom stereocenters. The number of rotatable bonds is 2. The second kappa shape index (κ2) is 5.64. The molecule has 1 fully saturated rings. The molecule has 1 amide bonds. The number of anilines is 2. The van der Waals surface area contributed by atoms with Gasteiger partial charge in [0.2, 0.25) is 0 Å². The minimum absolute atomic E-state index is 0.0526. The molecule has 1 aromatic carbocycles. The van der Waals surface area contributed by atoms with Crippen molar-refractivity contribution in [1.82, 2.24) is 0 Å². The van der Waals surface area contributed by atoms with Gasteiger partial charge in [-0.1, -0.05) is 0 Å². The van der Waals surface area contributed by atoms with Gasteiger partial charge in [0, 0.05) is 25.8 Å². The summed E-state index contributed by atoms with van der Waals surface area (Å²) in [4.78, 5) is 13.7. The van der Waals surface area contributed by atoms with E-state index in [4.69, 9.17) is 0 Å². The van der Waals surface area contributed by atoms with Gasteiger partial charge in [-0.05, 0) is 31.0 Å². The summed E-state index contributed by atoms with van der Waals surface area (Å²) in [5.41, 5.74) is 1.03. The number of benzene rings is 1. The molecule has 0 spiro atoms. The normalized spacial score (nSPS) is 14.9. The Morgan fingerprint density at radius 1 is 1.33 bits per heavy atom. The van der Waals surface area contributed by atoms with E-state index in [1.807, 2.05) is 11.0 Å². The zero-order valence-electron chi connectivity index (χ0n) is 11.4. The van der Waals surface area contributed by atoms with Gasteiger partial charge >= 0.3 is 12.1 Å². The largest absolute Gasteiger partial charge is 0.471 e. The summed E-state index contributed by atoms with van der Waals surface area (Å²) in [6.07, 6.45) is -2.88. The second-order valence-corrected chi connectivity index (χ2v) is 4.87. The Morgan fingerprint density at radius 3 is 2.48 bits per heavy atom. The molecular formula is C14H14F3N3O. The molecule has 0 radical (unpaired) electrons. The summed E-state index contributed by atoms with van der Waals surface area (Å²) in [6, 6.07) is 6.33. The van der Waals surface area contributed by atoms with Crippen LogP contribution in [0, 0.1) is 11.3 Å². The summed E-state index contributed by atoms with van der Waals surface area (Å²) in [5.74, 6) is -1.96. The maximum absolute atomic E-state index is 12.4. The fourth-order valence-corrected chi connectivity index (χ4v) is 2.36. The predicted molar refractivity (Wildman–Crippen MR) is 72.1 cm³/mol. The van der Waals surface area contributed by atoms with Crippen molar-refractivity contribution in [2.24, 2.45) is 0 Å². The van der Waals surface area contributed by atoms with E-state index in [-0.39, 0.29) is 11.3 Å². The second-order valence-electron chi connectivity index (χ2n) is 4.87. The first-order chi connectivity index (χ1) is 9.84. The number of carbonyl (C=O) groups excluding carboxylic acids is 1. The van der Waals surface area contributed by atoms with Gasteiger partial charge in [-0.15, -0.1) is 0 Å². The van der Waals surface area contributed by atoms with Gasteiger partial charge in [0.15, 0.2) is 0 Å². The van der Waals surface area contributed by atoms with E-state index >= 15 is 0 Å². The van der Waals surface area contributed by atoms with Crippen LogP contribution in [0.2, 0.25) is 0 Å². The summed E-state index contributed by atoms with van der Waals surface area (Å²) in [5, 5.41) is 9.18. The van der Waals surface area contributed by atoms with Crippen LogP contribution in [-0.4, -0.2) is 32.2 Å². The van der Waals surface area contributed by atoms with Crippen molar-refractivity contribution in [3.63, 3.8) is 0 Å². The standard InChI is InChI=1S/C14H14F3N3O/c1-19(13(21)14(15,16)17)11-4-5-12(10(8-11)9-18)20-6-2-3-7-20/h4-5,8H,2-3,6-7H2,1H3. The van der Waals surface area contributed by atoms with Crippen LogP contribution < -0.4 is 9.80 Å². The predicted octanol–water partition coefficient (Wildman–Crippen LogP) is 2.68. The first-order valence-electron chi connectivity index (χ1n) is 6.48. The fraction of sp³-hybridized carbons (Fsp3) is 0.429. The minimum Gasteiger partial charge on any atom is -0.370 e. The number of halogens is 3. The third-order valence-corrected chi connectivity index (χ3v) is 3.48. The van der Waals surface area contributed by atoms with E-state index < -0.39 is 12.1 Å². The van der Waals surface area contributed by atoms with Gasteiger partial charge in [0.25, 0.3) is 0 Å². The third-order valence-electron chi connectivity index (χ3n) is 3.48. The number of nitrogens with zero attached hydrogens (tertiary/aromatic N) is 3. The van der Waals surface area contributed by atoms with Crippen LogP contribution in [-0.2, 0) is 4.79 Å². The average molecular weight is 297 g/mol. The highest BCUT2D eigenvalue weighted by Gasteiger charge is 2.41. The highest BCUT2D eigenvalue weighted by molar-refractivity contribution is 5.97. The Morgan fingerprint density at radius 2 is 1.95 bits per heavy atom. The molecule has 0 N–H and O–H groups in total. The lowest BCUT2D eigenvalue weighted by Gasteiger charge is -2.22. The van der Waals surface area contributed by atoms with Crippen LogP contribution >= 0.6 is 0 Å². The Bertz CT molecular complexity index is 586. The van der Waals surface area contributed by atoms with Crippen molar-refractivity contribution in [3.05, 3.63) is 23.8 Å². The molecule has 2 rings (SSSR count). The maximum Gasteiger partial charge on any atom is 0.471 e. The van der Waals surface area contributed by atoms with E-state index in [0.717, 1.165) is 33.0 Å². The van der Waals surface area contributed by atoms with Crippen LogP contribution in [0.3, 0.4) is 0 Å². The fourth-order valence-electron chi connectivity index (χ4n) is 2.36. The van der Waals surface area contributed by atoms with Crippen molar-refractivity contribution in [1.29, 1.82) is 5.26 Å². The monoisotopic (exact) mass is 297 g/mol. The van der Waals surface area contributed by atoms with E-state index in [9.17, 15) is 23.2 Å². The highest BCUT2D eigenvalue weighted by atomic mass is 19.4. The first-order valence-corrected chi connectivity index (χ1v) is 6.48. The highest BCUT2D eigenvalue weighted by Crippen LogP contribution is 2.29. The van der Waals surface area contributed by atoms with E-state index in [1.165, 1.54) is 12.1 Å². The molecule has 0 unspecified atom stereocenters. The maximum atomic E-state index is 12.4. The molecule has 0 bridgehead atoms.